The second-order valence-corrected chi connectivity index (χ2v) is 15.0. The molecular weight excluding hydrogens is 671 g/mol. The molecule has 55 heavy (non-hydrogen) atoms. The number of nitrogens with zero attached hydrogens (tertiary/aromatic N) is 3. The lowest BCUT2D eigenvalue weighted by molar-refractivity contribution is 0.651. The number of rotatable bonds is 13. The van der Waals surface area contributed by atoms with Crippen LogP contribution in [0.2, 0.25) is 0 Å². The van der Waals surface area contributed by atoms with E-state index in [9.17, 15) is 0 Å². The maximum Gasteiger partial charge on any atom is 0.164 e. The first-order valence-corrected chi connectivity index (χ1v) is 20.3. The predicted molar refractivity (Wildman–Crippen MR) is 232 cm³/mol. The Balaban J connectivity index is 1.32. The second kappa shape index (κ2) is 15.5. The molecule has 9 aromatic rings. The molecule has 0 atom stereocenters. The van der Waals surface area contributed by atoms with Gasteiger partial charge < -0.3 is 4.42 Å². The van der Waals surface area contributed by atoms with E-state index in [0.29, 0.717) is 17.5 Å². The molecule has 0 N–H and O–H groups in total. The van der Waals surface area contributed by atoms with Gasteiger partial charge in [-0.25, -0.2) is 15.0 Å². The van der Waals surface area contributed by atoms with E-state index in [0.717, 1.165) is 46.1 Å². The summed E-state index contributed by atoms with van der Waals surface area (Å²) in [4.78, 5) is 15.2. The molecule has 4 heteroatoms. The Morgan fingerprint density at radius 1 is 0.382 bits per heavy atom. The van der Waals surface area contributed by atoms with Crippen molar-refractivity contribution in [3.63, 3.8) is 0 Å². The van der Waals surface area contributed by atoms with Gasteiger partial charge in [0.15, 0.2) is 17.5 Å². The number of aryl methyl sites for hydroxylation is 2. The third kappa shape index (κ3) is 6.76. The van der Waals surface area contributed by atoms with Crippen molar-refractivity contribution < 1.29 is 4.42 Å². The molecule has 0 aliphatic rings. The van der Waals surface area contributed by atoms with E-state index in [1.54, 1.807) is 0 Å². The Labute approximate surface area is 323 Å². The van der Waals surface area contributed by atoms with Crippen molar-refractivity contribution in [2.45, 2.75) is 78.1 Å². The Bertz CT molecular complexity index is 2730. The van der Waals surface area contributed by atoms with E-state index >= 15 is 0 Å². The van der Waals surface area contributed by atoms with E-state index in [1.165, 1.54) is 100 Å². The van der Waals surface area contributed by atoms with Crippen LogP contribution < -0.4 is 0 Å². The van der Waals surface area contributed by atoms with Gasteiger partial charge >= 0.3 is 0 Å². The molecule has 0 unspecified atom stereocenters. The number of unbranched alkanes of at least 4 members (excludes halogenated alkanes) is 6. The summed E-state index contributed by atoms with van der Waals surface area (Å²) < 4.78 is 6.48. The van der Waals surface area contributed by atoms with Crippen molar-refractivity contribution in [1.29, 1.82) is 0 Å². The van der Waals surface area contributed by atoms with Gasteiger partial charge in [-0.15, -0.1) is 0 Å². The summed E-state index contributed by atoms with van der Waals surface area (Å²) in [6.45, 7) is 4.59. The van der Waals surface area contributed by atoms with Gasteiger partial charge in [-0.05, 0) is 88.0 Å². The number of furan rings is 1. The summed E-state index contributed by atoms with van der Waals surface area (Å²) >= 11 is 0. The van der Waals surface area contributed by atoms with E-state index in [2.05, 4.69) is 105 Å². The van der Waals surface area contributed by atoms with Crippen LogP contribution in [-0.4, -0.2) is 15.0 Å². The molecule has 4 nitrogen and oxygen atoms in total. The van der Waals surface area contributed by atoms with Crippen LogP contribution in [0.3, 0.4) is 0 Å². The molecule has 0 aliphatic carbocycles. The molecular formula is C51H47N3O. The molecule has 0 saturated carbocycles. The largest absolute Gasteiger partial charge is 0.456 e. The number of hydrogen-bond donors (Lipinski definition) is 0. The molecule has 0 fully saturated rings. The van der Waals surface area contributed by atoms with Crippen LogP contribution in [0.15, 0.2) is 132 Å². The summed E-state index contributed by atoms with van der Waals surface area (Å²) in [7, 11) is 0. The highest BCUT2D eigenvalue weighted by molar-refractivity contribution is 6.34. The zero-order chi connectivity index (χ0) is 37.1. The Hall–Kier alpha value is -5.87. The molecule has 2 aromatic heterocycles. The number of fused-ring (bicyclic) bond motifs is 10. The van der Waals surface area contributed by atoms with Crippen LogP contribution in [-0.2, 0) is 12.8 Å². The van der Waals surface area contributed by atoms with E-state index in [1.807, 2.05) is 36.4 Å². The number of benzene rings is 7. The lowest BCUT2D eigenvalue weighted by Crippen LogP contribution is -2.00. The van der Waals surface area contributed by atoms with Crippen LogP contribution in [0, 0.1) is 0 Å². The summed E-state index contributed by atoms with van der Waals surface area (Å²) in [5.74, 6) is 2.00. The lowest BCUT2D eigenvalue weighted by Gasteiger charge is -2.17. The van der Waals surface area contributed by atoms with Crippen LogP contribution in [0.5, 0.6) is 0 Å². The van der Waals surface area contributed by atoms with Crippen molar-refractivity contribution in [1.82, 2.24) is 15.0 Å². The molecule has 2 heterocycles. The summed E-state index contributed by atoms with van der Waals surface area (Å²) in [5.41, 5.74) is 7.75. The van der Waals surface area contributed by atoms with Crippen LogP contribution >= 0.6 is 0 Å². The summed E-state index contributed by atoms with van der Waals surface area (Å²) in [6.07, 6.45) is 12.3. The van der Waals surface area contributed by atoms with Gasteiger partial charge in [0.25, 0.3) is 0 Å². The SMILES string of the molecule is CCCCCCc1cc2c3cc(-c4nc(-c5ccccc5)nc(-c5ccccc5)n4)ccc3c3c(ccc4oc5ccccc5c43)c2cc1CCCCCC. The number of para-hydroxylation sites is 1. The van der Waals surface area contributed by atoms with Crippen molar-refractivity contribution in [2.24, 2.45) is 0 Å². The summed E-state index contributed by atoms with van der Waals surface area (Å²) in [6, 6.07) is 45.3. The molecule has 0 radical (unpaired) electrons. The van der Waals surface area contributed by atoms with Crippen molar-refractivity contribution >= 4 is 54.3 Å². The van der Waals surface area contributed by atoms with Crippen LogP contribution in [0.25, 0.3) is 88.4 Å². The van der Waals surface area contributed by atoms with Gasteiger partial charge in [0.1, 0.15) is 11.2 Å². The fourth-order valence-electron chi connectivity index (χ4n) is 8.47. The highest BCUT2D eigenvalue weighted by Gasteiger charge is 2.20. The average molecular weight is 718 g/mol. The normalized spacial score (nSPS) is 11.8. The molecule has 0 spiro atoms. The van der Waals surface area contributed by atoms with Crippen molar-refractivity contribution in [3.05, 3.63) is 139 Å². The van der Waals surface area contributed by atoms with Gasteiger partial charge in [-0.3, -0.25) is 0 Å². The van der Waals surface area contributed by atoms with Gasteiger partial charge in [0, 0.05) is 32.8 Å². The monoisotopic (exact) mass is 717 g/mol. The minimum absolute atomic E-state index is 0.668. The predicted octanol–water partition coefficient (Wildman–Crippen LogP) is 14.5. The third-order valence-electron chi connectivity index (χ3n) is 11.3. The molecule has 0 bridgehead atoms. The first-order chi connectivity index (χ1) is 27.2. The number of aromatic nitrogens is 3. The molecule has 0 saturated heterocycles. The molecule has 272 valence electrons. The quantitative estimate of drug-likeness (QED) is 0.0880. The first kappa shape index (κ1) is 34.9. The smallest absolute Gasteiger partial charge is 0.164 e. The van der Waals surface area contributed by atoms with Gasteiger partial charge in [0.2, 0.25) is 0 Å². The van der Waals surface area contributed by atoms with Crippen molar-refractivity contribution in [2.75, 3.05) is 0 Å². The maximum atomic E-state index is 6.48. The van der Waals surface area contributed by atoms with Gasteiger partial charge in [0.05, 0.1) is 0 Å². The molecule has 9 rings (SSSR count). The topological polar surface area (TPSA) is 51.8 Å². The third-order valence-corrected chi connectivity index (χ3v) is 11.3. The Morgan fingerprint density at radius 2 is 0.891 bits per heavy atom. The minimum Gasteiger partial charge on any atom is -0.456 e. The highest BCUT2D eigenvalue weighted by Crippen LogP contribution is 2.44. The molecule has 0 aliphatic heterocycles. The zero-order valence-electron chi connectivity index (χ0n) is 31.9. The first-order valence-electron chi connectivity index (χ1n) is 20.3. The van der Waals surface area contributed by atoms with Crippen molar-refractivity contribution in [3.8, 4) is 34.2 Å². The maximum absolute atomic E-state index is 6.48. The fourth-order valence-corrected chi connectivity index (χ4v) is 8.47. The summed E-state index contributed by atoms with van der Waals surface area (Å²) in [5, 5.41) is 9.88. The minimum atomic E-state index is 0.668. The standard InChI is InChI=1S/C51H47N3O/c1-3-5-7-11-23-36-31-42-40-29-30-46-48(41-25-17-18-26-45(41)55-46)47(40)39-28-27-38(33-43(39)44(42)32-37(36)24-12-8-6-4-2)51-53-49(34-19-13-9-14-20-34)52-50(54-51)35-21-15-10-16-22-35/h9-10,13-22,25-33H,3-8,11-12,23-24H2,1-2H3. The zero-order valence-corrected chi connectivity index (χ0v) is 31.9. The average Bonchev–Trinajstić information content (AvgIpc) is 3.63. The highest BCUT2D eigenvalue weighted by atomic mass is 16.3. The van der Waals surface area contributed by atoms with Crippen LogP contribution in [0.4, 0.5) is 0 Å². The Morgan fingerprint density at radius 3 is 1.49 bits per heavy atom. The van der Waals surface area contributed by atoms with Gasteiger partial charge in [-0.2, -0.15) is 0 Å². The number of hydrogen-bond acceptors (Lipinski definition) is 4. The second-order valence-electron chi connectivity index (χ2n) is 15.0. The van der Waals surface area contributed by atoms with Crippen LogP contribution in [0.1, 0.15) is 76.3 Å². The fraction of sp³-hybridized carbons (Fsp3) is 0.235. The van der Waals surface area contributed by atoms with E-state index < -0.39 is 0 Å². The van der Waals surface area contributed by atoms with E-state index in [-0.39, 0.29) is 0 Å². The molecule has 7 aromatic carbocycles. The Kier molecular flexibility index (Phi) is 9.81. The molecule has 0 amide bonds. The van der Waals surface area contributed by atoms with Gasteiger partial charge in [-0.1, -0.05) is 156 Å². The van der Waals surface area contributed by atoms with E-state index in [4.69, 9.17) is 19.4 Å². The lowest BCUT2D eigenvalue weighted by atomic mass is 9.87.